The van der Waals surface area contributed by atoms with Crippen LogP contribution in [-0.2, 0) is 0 Å². The molecule has 1 aromatic rings. The summed E-state index contributed by atoms with van der Waals surface area (Å²) in [4.78, 5) is 4.38. The van der Waals surface area contributed by atoms with Crippen molar-refractivity contribution in [2.75, 3.05) is 5.32 Å². The van der Waals surface area contributed by atoms with E-state index in [1.807, 2.05) is 6.07 Å². The summed E-state index contributed by atoms with van der Waals surface area (Å²) >= 11 is 9.45. The van der Waals surface area contributed by atoms with Gasteiger partial charge in [0.15, 0.2) is 0 Å². The van der Waals surface area contributed by atoms with Crippen molar-refractivity contribution >= 4 is 33.3 Å². The predicted molar refractivity (Wildman–Crippen MR) is 85.8 cm³/mol. The second-order valence-corrected chi connectivity index (χ2v) is 8.53. The maximum Gasteiger partial charge on any atom is 0.140 e. The van der Waals surface area contributed by atoms with Gasteiger partial charge >= 0.3 is 0 Å². The summed E-state index contributed by atoms with van der Waals surface area (Å²) in [5, 5.41) is 4.23. The van der Waals surface area contributed by atoms with E-state index < -0.39 is 0 Å². The van der Waals surface area contributed by atoms with E-state index in [9.17, 15) is 0 Å². The number of anilines is 1. The smallest absolute Gasteiger partial charge is 0.140 e. The van der Waals surface area contributed by atoms with Gasteiger partial charge in [0, 0.05) is 12.2 Å². The Morgan fingerprint density at radius 2 is 1.84 bits per heavy atom. The number of rotatable bonds is 2. The molecular formula is C15H22BrClN2. The zero-order valence-corrected chi connectivity index (χ0v) is 14.4. The van der Waals surface area contributed by atoms with Crippen LogP contribution in [0.2, 0.25) is 5.02 Å². The van der Waals surface area contributed by atoms with Crippen LogP contribution in [0.3, 0.4) is 0 Å². The first-order valence-corrected chi connectivity index (χ1v) is 7.92. The van der Waals surface area contributed by atoms with Gasteiger partial charge in [-0.25, -0.2) is 4.98 Å². The maximum atomic E-state index is 5.93. The Labute approximate surface area is 129 Å². The third kappa shape index (κ3) is 4.09. The van der Waals surface area contributed by atoms with Gasteiger partial charge in [-0.2, -0.15) is 0 Å². The summed E-state index contributed by atoms with van der Waals surface area (Å²) in [5.41, 5.74) is 0.747. The molecule has 0 bridgehead atoms. The first-order valence-electron chi connectivity index (χ1n) is 6.75. The minimum atomic E-state index is 0.373. The molecule has 0 aliphatic heterocycles. The molecule has 106 valence electrons. The average molecular weight is 346 g/mol. The number of hydrogen-bond acceptors (Lipinski definition) is 2. The van der Waals surface area contributed by atoms with Gasteiger partial charge in [0.2, 0.25) is 0 Å². The molecule has 0 atom stereocenters. The van der Waals surface area contributed by atoms with E-state index in [1.54, 1.807) is 6.20 Å². The standard InChI is InChI=1S/C15H22BrClN2/c1-14(2)6-11(7-15(3,4)9-14)19-13-12(16)5-10(17)8-18-13/h5,8,11H,6-7,9H2,1-4H3,(H,18,19). The van der Waals surface area contributed by atoms with Gasteiger partial charge in [-0.15, -0.1) is 0 Å². The second kappa shape index (κ2) is 5.25. The van der Waals surface area contributed by atoms with Crippen LogP contribution >= 0.6 is 27.5 Å². The molecule has 0 spiro atoms. The Kier molecular flexibility index (Phi) is 4.18. The minimum Gasteiger partial charge on any atom is -0.366 e. The molecule has 1 saturated carbocycles. The SMILES string of the molecule is CC1(C)CC(Nc2ncc(Cl)cc2Br)CC(C)(C)C1. The van der Waals surface area contributed by atoms with Gasteiger partial charge in [0.25, 0.3) is 0 Å². The van der Waals surface area contributed by atoms with Crippen LogP contribution in [0.5, 0.6) is 0 Å². The first kappa shape index (κ1) is 15.1. The van der Waals surface area contributed by atoms with Crippen molar-refractivity contribution in [1.29, 1.82) is 0 Å². The van der Waals surface area contributed by atoms with E-state index in [0.717, 1.165) is 10.3 Å². The number of halogens is 2. The fourth-order valence-corrected chi connectivity index (χ4v) is 4.42. The third-order valence-corrected chi connectivity index (χ3v) is 4.51. The fraction of sp³-hybridized carbons (Fsp3) is 0.667. The van der Waals surface area contributed by atoms with Crippen LogP contribution in [0.1, 0.15) is 47.0 Å². The Hall–Kier alpha value is -0.280. The van der Waals surface area contributed by atoms with Gasteiger partial charge in [-0.05, 0) is 52.1 Å². The lowest BCUT2D eigenvalue weighted by atomic mass is 9.63. The molecule has 2 nitrogen and oxygen atoms in total. The monoisotopic (exact) mass is 344 g/mol. The lowest BCUT2D eigenvalue weighted by Crippen LogP contribution is -2.40. The molecule has 0 radical (unpaired) electrons. The van der Waals surface area contributed by atoms with Crippen molar-refractivity contribution in [1.82, 2.24) is 4.98 Å². The van der Waals surface area contributed by atoms with Crippen LogP contribution in [0.4, 0.5) is 5.82 Å². The summed E-state index contributed by atoms with van der Waals surface area (Å²) in [5.74, 6) is 0.892. The van der Waals surface area contributed by atoms with Gasteiger partial charge in [-0.3, -0.25) is 0 Å². The summed E-state index contributed by atoms with van der Waals surface area (Å²) in [6.45, 7) is 9.42. The molecule has 1 aliphatic rings. The Morgan fingerprint density at radius 3 is 2.37 bits per heavy atom. The molecule has 1 aromatic heterocycles. The van der Waals surface area contributed by atoms with Crippen LogP contribution in [0.25, 0.3) is 0 Å². The zero-order chi connectivity index (χ0) is 14.3. The molecule has 1 aliphatic carbocycles. The zero-order valence-electron chi connectivity index (χ0n) is 12.1. The molecule has 0 amide bonds. The Balaban J connectivity index is 2.14. The quantitative estimate of drug-likeness (QED) is 0.764. The van der Waals surface area contributed by atoms with Crippen LogP contribution in [-0.4, -0.2) is 11.0 Å². The van der Waals surface area contributed by atoms with Gasteiger partial charge in [-0.1, -0.05) is 39.3 Å². The van der Waals surface area contributed by atoms with Crippen molar-refractivity contribution < 1.29 is 0 Å². The van der Waals surface area contributed by atoms with Crippen molar-refractivity contribution in [3.63, 3.8) is 0 Å². The molecular weight excluding hydrogens is 324 g/mol. The van der Waals surface area contributed by atoms with Gasteiger partial charge < -0.3 is 5.32 Å². The lowest BCUT2D eigenvalue weighted by Gasteiger charge is -2.45. The molecule has 0 aromatic carbocycles. The fourth-order valence-electron chi connectivity index (χ4n) is 3.66. The highest BCUT2D eigenvalue weighted by Gasteiger charge is 2.38. The maximum absolute atomic E-state index is 5.93. The Bertz CT molecular complexity index is 455. The van der Waals surface area contributed by atoms with Crippen LogP contribution < -0.4 is 5.32 Å². The van der Waals surface area contributed by atoms with E-state index in [0.29, 0.717) is 21.9 Å². The van der Waals surface area contributed by atoms with E-state index in [4.69, 9.17) is 11.6 Å². The van der Waals surface area contributed by atoms with Crippen molar-refractivity contribution in [2.45, 2.75) is 53.0 Å². The van der Waals surface area contributed by atoms with Gasteiger partial charge in [0.1, 0.15) is 5.82 Å². The molecule has 4 heteroatoms. The Morgan fingerprint density at radius 1 is 1.26 bits per heavy atom. The molecule has 1 heterocycles. The normalized spacial score (nSPS) is 22.2. The summed E-state index contributed by atoms with van der Waals surface area (Å²) in [7, 11) is 0. The van der Waals surface area contributed by atoms with E-state index in [1.165, 1.54) is 19.3 Å². The molecule has 1 N–H and O–H groups in total. The summed E-state index contributed by atoms with van der Waals surface area (Å²) < 4.78 is 0.932. The summed E-state index contributed by atoms with van der Waals surface area (Å²) in [6, 6.07) is 2.35. The van der Waals surface area contributed by atoms with Crippen molar-refractivity contribution in [3.8, 4) is 0 Å². The number of nitrogens with one attached hydrogen (secondary N) is 1. The topological polar surface area (TPSA) is 24.9 Å². The number of hydrogen-bond donors (Lipinski definition) is 1. The predicted octanol–water partition coefficient (Wildman–Crippen LogP) is 5.51. The number of pyridine rings is 1. The average Bonchev–Trinajstić information content (AvgIpc) is 2.17. The van der Waals surface area contributed by atoms with Crippen molar-refractivity contribution in [3.05, 3.63) is 21.8 Å². The van der Waals surface area contributed by atoms with E-state index in [2.05, 4.69) is 53.9 Å². The minimum absolute atomic E-state index is 0.373. The highest BCUT2D eigenvalue weighted by molar-refractivity contribution is 9.10. The van der Waals surface area contributed by atoms with E-state index >= 15 is 0 Å². The van der Waals surface area contributed by atoms with Crippen LogP contribution in [0.15, 0.2) is 16.7 Å². The third-order valence-electron chi connectivity index (χ3n) is 3.70. The summed E-state index contributed by atoms with van der Waals surface area (Å²) in [6.07, 6.45) is 5.31. The molecule has 0 unspecified atom stereocenters. The molecule has 19 heavy (non-hydrogen) atoms. The number of nitrogens with zero attached hydrogens (tertiary/aromatic N) is 1. The molecule has 2 rings (SSSR count). The van der Waals surface area contributed by atoms with Gasteiger partial charge in [0.05, 0.1) is 9.50 Å². The lowest BCUT2D eigenvalue weighted by molar-refractivity contribution is 0.105. The number of aromatic nitrogens is 1. The molecule has 1 fully saturated rings. The first-order chi connectivity index (χ1) is 8.67. The largest absolute Gasteiger partial charge is 0.366 e. The highest BCUT2D eigenvalue weighted by Crippen LogP contribution is 2.46. The van der Waals surface area contributed by atoms with Crippen LogP contribution in [0, 0.1) is 10.8 Å². The molecule has 0 saturated heterocycles. The van der Waals surface area contributed by atoms with Crippen molar-refractivity contribution in [2.24, 2.45) is 10.8 Å². The van der Waals surface area contributed by atoms with E-state index in [-0.39, 0.29) is 0 Å². The second-order valence-electron chi connectivity index (χ2n) is 7.24. The highest BCUT2D eigenvalue weighted by atomic mass is 79.9.